The van der Waals surface area contributed by atoms with Crippen LogP contribution < -0.4 is 16.4 Å². The molecule has 0 unspecified atom stereocenters. The van der Waals surface area contributed by atoms with E-state index in [1.165, 1.54) is 0 Å². The molecule has 0 bridgehead atoms. The molecule has 2 aromatic rings. The summed E-state index contributed by atoms with van der Waals surface area (Å²) >= 11 is 0. The van der Waals surface area contributed by atoms with Crippen LogP contribution in [-0.4, -0.2) is 6.03 Å². The first-order valence-corrected chi connectivity index (χ1v) is 6.10. The first kappa shape index (κ1) is 13.0. The molecule has 0 saturated heterocycles. The Labute approximate surface area is 112 Å². The fraction of sp³-hybridized carbons (Fsp3) is 0.133. The Balaban J connectivity index is 1.91. The van der Waals surface area contributed by atoms with Crippen LogP contribution in [0, 0.1) is 6.92 Å². The van der Waals surface area contributed by atoms with Crippen LogP contribution in [-0.2, 0) is 6.54 Å². The van der Waals surface area contributed by atoms with E-state index in [-0.39, 0.29) is 6.03 Å². The first-order chi connectivity index (χ1) is 9.15. The van der Waals surface area contributed by atoms with Crippen LogP contribution in [0.1, 0.15) is 11.1 Å². The Bertz CT molecular complexity index is 567. The number of amides is 2. The molecule has 2 aromatic carbocycles. The lowest BCUT2D eigenvalue weighted by molar-refractivity contribution is 0.251. The van der Waals surface area contributed by atoms with Crippen LogP contribution in [0.5, 0.6) is 0 Å². The molecule has 0 aliphatic heterocycles. The SMILES string of the molecule is Cc1cc(N)ccc1NC(=O)NCc1ccccc1. The third kappa shape index (κ3) is 3.74. The molecule has 0 heterocycles. The van der Waals surface area contributed by atoms with Crippen LogP contribution in [0.4, 0.5) is 16.2 Å². The molecular weight excluding hydrogens is 238 g/mol. The maximum atomic E-state index is 11.8. The van der Waals surface area contributed by atoms with Gasteiger partial charge in [0.05, 0.1) is 0 Å². The average molecular weight is 255 g/mol. The van der Waals surface area contributed by atoms with Gasteiger partial charge in [0.2, 0.25) is 0 Å². The fourth-order valence-electron chi connectivity index (χ4n) is 1.77. The number of nitrogens with two attached hydrogens (primary N) is 1. The molecule has 19 heavy (non-hydrogen) atoms. The van der Waals surface area contributed by atoms with Crippen LogP contribution in [0.2, 0.25) is 0 Å². The third-order valence-electron chi connectivity index (χ3n) is 2.79. The van der Waals surface area contributed by atoms with Gasteiger partial charge in [-0.2, -0.15) is 0 Å². The van der Waals surface area contributed by atoms with Gasteiger partial charge in [0, 0.05) is 17.9 Å². The van der Waals surface area contributed by atoms with E-state index in [9.17, 15) is 4.79 Å². The third-order valence-corrected chi connectivity index (χ3v) is 2.79. The predicted molar refractivity (Wildman–Crippen MR) is 77.9 cm³/mol. The smallest absolute Gasteiger partial charge is 0.319 e. The van der Waals surface area contributed by atoms with Crippen molar-refractivity contribution in [2.45, 2.75) is 13.5 Å². The van der Waals surface area contributed by atoms with Gasteiger partial charge in [0.1, 0.15) is 0 Å². The van der Waals surface area contributed by atoms with Gasteiger partial charge in [-0.05, 0) is 36.2 Å². The molecule has 0 saturated carbocycles. The topological polar surface area (TPSA) is 67.1 Å². The monoisotopic (exact) mass is 255 g/mol. The molecule has 4 nitrogen and oxygen atoms in total. The highest BCUT2D eigenvalue weighted by molar-refractivity contribution is 5.90. The van der Waals surface area contributed by atoms with Crippen LogP contribution >= 0.6 is 0 Å². The number of hydrogen-bond donors (Lipinski definition) is 3. The summed E-state index contributed by atoms with van der Waals surface area (Å²) in [6.07, 6.45) is 0. The second-order valence-corrected chi connectivity index (χ2v) is 4.37. The number of aryl methyl sites for hydroxylation is 1. The number of carbonyl (C=O) groups is 1. The van der Waals surface area contributed by atoms with E-state index in [2.05, 4.69) is 10.6 Å². The van der Waals surface area contributed by atoms with Crippen molar-refractivity contribution in [3.63, 3.8) is 0 Å². The summed E-state index contributed by atoms with van der Waals surface area (Å²) in [6.45, 7) is 2.41. The molecule has 4 heteroatoms. The normalized spacial score (nSPS) is 9.95. The van der Waals surface area contributed by atoms with E-state index in [1.54, 1.807) is 12.1 Å². The Kier molecular flexibility index (Phi) is 4.03. The summed E-state index contributed by atoms with van der Waals surface area (Å²) in [6, 6.07) is 14.9. The van der Waals surface area contributed by atoms with Gasteiger partial charge in [-0.1, -0.05) is 30.3 Å². The number of nitrogens with one attached hydrogen (secondary N) is 2. The molecule has 0 spiro atoms. The van der Waals surface area contributed by atoms with Crippen LogP contribution in [0.15, 0.2) is 48.5 Å². The van der Waals surface area contributed by atoms with Gasteiger partial charge in [-0.25, -0.2) is 4.79 Å². The minimum atomic E-state index is -0.225. The molecule has 0 aromatic heterocycles. The van der Waals surface area contributed by atoms with Crippen molar-refractivity contribution >= 4 is 17.4 Å². The largest absolute Gasteiger partial charge is 0.399 e. The van der Waals surface area contributed by atoms with Crippen molar-refractivity contribution in [1.82, 2.24) is 5.32 Å². The molecule has 2 rings (SSSR count). The zero-order valence-electron chi connectivity index (χ0n) is 10.8. The molecule has 0 radical (unpaired) electrons. The van der Waals surface area contributed by atoms with Crippen LogP contribution in [0.25, 0.3) is 0 Å². The van der Waals surface area contributed by atoms with Gasteiger partial charge in [0.25, 0.3) is 0 Å². The number of anilines is 2. The van der Waals surface area contributed by atoms with E-state index in [4.69, 9.17) is 5.73 Å². The second kappa shape index (κ2) is 5.91. The molecule has 0 atom stereocenters. The summed E-state index contributed by atoms with van der Waals surface area (Å²) < 4.78 is 0. The van der Waals surface area contributed by atoms with E-state index in [0.717, 1.165) is 16.8 Å². The van der Waals surface area contributed by atoms with Crippen molar-refractivity contribution in [3.8, 4) is 0 Å². The number of benzene rings is 2. The number of urea groups is 1. The van der Waals surface area contributed by atoms with Gasteiger partial charge >= 0.3 is 6.03 Å². The van der Waals surface area contributed by atoms with Gasteiger partial charge in [-0.3, -0.25) is 0 Å². The zero-order valence-corrected chi connectivity index (χ0v) is 10.8. The van der Waals surface area contributed by atoms with E-state index in [1.807, 2.05) is 43.3 Å². The minimum Gasteiger partial charge on any atom is -0.399 e. The lowest BCUT2D eigenvalue weighted by Crippen LogP contribution is -2.28. The standard InChI is InChI=1S/C15H17N3O/c1-11-9-13(16)7-8-14(11)18-15(19)17-10-12-5-3-2-4-6-12/h2-9H,10,16H2,1H3,(H2,17,18,19). The molecule has 4 N–H and O–H groups in total. The molecule has 98 valence electrons. The lowest BCUT2D eigenvalue weighted by atomic mass is 10.2. The second-order valence-electron chi connectivity index (χ2n) is 4.37. The van der Waals surface area contributed by atoms with E-state index < -0.39 is 0 Å². The molecule has 0 aliphatic carbocycles. The average Bonchev–Trinajstić information content (AvgIpc) is 2.41. The Morgan fingerprint density at radius 1 is 1.16 bits per heavy atom. The highest BCUT2D eigenvalue weighted by Crippen LogP contribution is 2.17. The Morgan fingerprint density at radius 2 is 1.89 bits per heavy atom. The van der Waals surface area contributed by atoms with Crippen molar-refractivity contribution in [1.29, 1.82) is 0 Å². The number of hydrogen-bond acceptors (Lipinski definition) is 2. The van der Waals surface area contributed by atoms with Gasteiger partial charge in [0.15, 0.2) is 0 Å². The van der Waals surface area contributed by atoms with Crippen molar-refractivity contribution in [2.24, 2.45) is 0 Å². The van der Waals surface area contributed by atoms with Crippen molar-refractivity contribution < 1.29 is 4.79 Å². The van der Waals surface area contributed by atoms with E-state index >= 15 is 0 Å². The number of nitrogen functional groups attached to an aromatic ring is 1. The first-order valence-electron chi connectivity index (χ1n) is 6.10. The maximum absolute atomic E-state index is 11.8. The Morgan fingerprint density at radius 3 is 2.58 bits per heavy atom. The molecular formula is C15H17N3O. The number of carbonyl (C=O) groups excluding carboxylic acids is 1. The van der Waals surface area contributed by atoms with Crippen LogP contribution in [0.3, 0.4) is 0 Å². The highest BCUT2D eigenvalue weighted by Gasteiger charge is 2.04. The molecule has 2 amide bonds. The lowest BCUT2D eigenvalue weighted by Gasteiger charge is -2.10. The summed E-state index contributed by atoms with van der Waals surface area (Å²) in [5.74, 6) is 0. The highest BCUT2D eigenvalue weighted by atomic mass is 16.2. The summed E-state index contributed by atoms with van der Waals surface area (Å²) in [7, 11) is 0. The maximum Gasteiger partial charge on any atom is 0.319 e. The van der Waals surface area contributed by atoms with E-state index in [0.29, 0.717) is 12.2 Å². The Hall–Kier alpha value is -2.49. The van der Waals surface area contributed by atoms with Gasteiger partial charge < -0.3 is 16.4 Å². The zero-order chi connectivity index (χ0) is 13.7. The minimum absolute atomic E-state index is 0.225. The molecule has 0 fully saturated rings. The quantitative estimate of drug-likeness (QED) is 0.738. The van der Waals surface area contributed by atoms with Crippen molar-refractivity contribution in [2.75, 3.05) is 11.1 Å². The van der Waals surface area contributed by atoms with Gasteiger partial charge in [-0.15, -0.1) is 0 Å². The summed E-state index contributed by atoms with van der Waals surface area (Å²) in [5, 5.41) is 5.61. The van der Waals surface area contributed by atoms with Crippen molar-refractivity contribution in [3.05, 3.63) is 59.7 Å². The molecule has 0 aliphatic rings. The summed E-state index contributed by atoms with van der Waals surface area (Å²) in [4.78, 5) is 11.8. The fourth-order valence-corrected chi connectivity index (χ4v) is 1.77. The predicted octanol–water partition coefficient (Wildman–Crippen LogP) is 2.90. The summed E-state index contributed by atoms with van der Waals surface area (Å²) in [5.41, 5.74) is 9.12. The number of rotatable bonds is 3.